The van der Waals surface area contributed by atoms with E-state index in [1.807, 2.05) is 41.5 Å². The molecule has 2 aromatic carbocycles. The number of benzene rings is 2. The van der Waals surface area contributed by atoms with Crippen LogP contribution in [0.3, 0.4) is 0 Å². The van der Waals surface area contributed by atoms with Crippen molar-refractivity contribution in [2.45, 2.75) is 92.9 Å². The Morgan fingerprint density at radius 1 is 0.714 bits per heavy atom. The zero-order valence-corrected chi connectivity index (χ0v) is 25.7. The molecule has 42 heavy (non-hydrogen) atoms. The fraction of sp³-hybridized carbons (Fsp3) is 0.500. The Morgan fingerprint density at radius 3 is 1.79 bits per heavy atom. The lowest BCUT2D eigenvalue weighted by Gasteiger charge is -2.22. The van der Waals surface area contributed by atoms with E-state index in [1.54, 1.807) is 50.2 Å². The molecule has 0 saturated carbocycles. The van der Waals surface area contributed by atoms with Crippen LogP contribution < -0.4 is 19.9 Å². The zero-order valence-electron chi connectivity index (χ0n) is 25.7. The molecule has 0 heterocycles. The SMILES string of the molecule is C[C@H](OC(=O)Oc1ccccc1)[C@H](C)OC(=O)[C@@H](N)Cc1ccc(OC(=O)CC(C)(C)C)c(OC(=O)CC(C)(C)C)c1. The quantitative estimate of drug-likeness (QED) is 0.196. The third-order valence-electron chi connectivity index (χ3n) is 5.75. The molecule has 2 aromatic rings. The monoisotopic (exact) mass is 585 g/mol. The van der Waals surface area contributed by atoms with Crippen LogP contribution in [0.5, 0.6) is 17.2 Å². The number of carbonyl (C=O) groups is 4. The van der Waals surface area contributed by atoms with Gasteiger partial charge in [-0.15, -0.1) is 0 Å². The number of nitrogens with two attached hydrogens (primary N) is 1. The Kier molecular flexibility index (Phi) is 12.1. The fourth-order valence-corrected chi connectivity index (χ4v) is 3.59. The maximum Gasteiger partial charge on any atom is 0.514 e. The van der Waals surface area contributed by atoms with E-state index in [0.29, 0.717) is 11.3 Å². The van der Waals surface area contributed by atoms with Crippen LogP contribution >= 0.6 is 0 Å². The van der Waals surface area contributed by atoms with Crippen LogP contribution in [0.4, 0.5) is 4.79 Å². The normalized spacial score (nSPS) is 13.7. The largest absolute Gasteiger partial charge is 0.514 e. The van der Waals surface area contributed by atoms with E-state index in [4.69, 9.17) is 29.4 Å². The van der Waals surface area contributed by atoms with Crippen LogP contribution in [0.1, 0.15) is 73.8 Å². The summed E-state index contributed by atoms with van der Waals surface area (Å²) in [6, 6.07) is 12.0. The van der Waals surface area contributed by atoms with Crippen molar-refractivity contribution in [3.05, 3.63) is 54.1 Å². The van der Waals surface area contributed by atoms with Gasteiger partial charge in [-0.2, -0.15) is 0 Å². The molecule has 0 aliphatic rings. The van der Waals surface area contributed by atoms with E-state index >= 15 is 0 Å². The van der Waals surface area contributed by atoms with Crippen LogP contribution in [-0.4, -0.2) is 42.3 Å². The van der Waals surface area contributed by atoms with Crippen molar-refractivity contribution in [3.63, 3.8) is 0 Å². The summed E-state index contributed by atoms with van der Waals surface area (Å²) in [7, 11) is 0. The Labute approximate surface area is 247 Å². The minimum Gasteiger partial charge on any atom is -0.458 e. The molecule has 2 rings (SSSR count). The number of para-hydroxylation sites is 1. The Hall–Kier alpha value is -3.92. The summed E-state index contributed by atoms with van der Waals surface area (Å²) >= 11 is 0. The minimum atomic E-state index is -1.08. The van der Waals surface area contributed by atoms with E-state index in [2.05, 4.69) is 0 Å². The highest BCUT2D eigenvalue weighted by atomic mass is 16.7. The van der Waals surface area contributed by atoms with Crippen LogP contribution in [-0.2, 0) is 30.3 Å². The highest BCUT2D eigenvalue weighted by Crippen LogP contribution is 2.32. The molecule has 2 N–H and O–H groups in total. The first-order valence-corrected chi connectivity index (χ1v) is 13.9. The van der Waals surface area contributed by atoms with Crippen molar-refractivity contribution in [1.29, 1.82) is 0 Å². The molecule has 0 aromatic heterocycles. The number of esters is 3. The van der Waals surface area contributed by atoms with Crippen LogP contribution in [0.15, 0.2) is 48.5 Å². The molecule has 230 valence electrons. The number of ether oxygens (including phenoxy) is 5. The van der Waals surface area contributed by atoms with Gasteiger partial charge in [0.15, 0.2) is 11.5 Å². The minimum absolute atomic E-state index is 0.0386. The van der Waals surface area contributed by atoms with Gasteiger partial charge in [0.1, 0.15) is 24.0 Å². The first-order chi connectivity index (χ1) is 19.4. The smallest absolute Gasteiger partial charge is 0.458 e. The van der Waals surface area contributed by atoms with Gasteiger partial charge in [0.05, 0.1) is 12.8 Å². The van der Waals surface area contributed by atoms with E-state index in [1.165, 1.54) is 12.1 Å². The maximum atomic E-state index is 12.7. The summed E-state index contributed by atoms with van der Waals surface area (Å²) in [5.74, 6) is -1.22. The second kappa shape index (κ2) is 14.8. The predicted molar refractivity (Wildman–Crippen MR) is 156 cm³/mol. The molecule has 10 nitrogen and oxygen atoms in total. The van der Waals surface area contributed by atoms with Crippen LogP contribution in [0.2, 0.25) is 0 Å². The summed E-state index contributed by atoms with van der Waals surface area (Å²) in [6.45, 7) is 14.6. The van der Waals surface area contributed by atoms with Gasteiger partial charge in [0, 0.05) is 0 Å². The Bertz CT molecular complexity index is 1230. The molecule has 0 unspecified atom stereocenters. The van der Waals surface area contributed by atoms with Crippen LogP contribution in [0, 0.1) is 10.8 Å². The molecule has 0 aliphatic heterocycles. The topological polar surface area (TPSA) is 140 Å². The molecular formula is C32H43NO9. The summed E-state index contributed by atoms with van der Waals surface area (Å²) in [5.41, 5.74) is 6.06. The van der Waals surface area contributed by atoms with Gasteiger partial charge < -0.3 is 29.4 Å². The van der Waals surface area contributed by atoms with E-state index in [-0.39, 0.29) is 41.6 Å². The molecule has 0 saturated heterocycles. The van der Waals surface area contributed by atoms with Crippen molar-refractivity contribution in [3.8, 4) is 17.2 Å². The molecule has 0 bridgehead atoms. The summed E-state index contributed by atoms with van der Waals surface area (Å²) in [4.78, 5) is 49.9. The second-order valence-corrected chi connectivity index (χ2v) is 12.6. The third kappa shape index (κ3) is 12.7. The van der Waals surface area contributed by atoms with Gasteiger partial charge in [0.25, 0.3) is 0 Å². The first kappa shape index (κ1) is 34.3. The average Bonchev–Trinajstić information content (AvgIpc) is 2.83. The third-order valence-corrected chi connectivity index (χ3v) is 5.75. The Balaban J connectivity index is 2.06. The number of rotatable bonds is 11. The molecule has 0 spiro atoms. The first-order valence-electron chi connectivity index (χ1n) is 13.9. The van der Waals surface area contributed by atoms with Gasteiger partial charge in [-0.3, -0.25) is 14.4 Å². The lowest BCUT2D eigenvalue weighted by Crippen LogP contribution is -2.39. The standard InChI is InChI=1S/C32H43NO9/c1-20(21(2)39-30(37)40-23-12-10-9-11-13-23)38-29(36)24(33)16-22-14-15-25(41-27(34)18-31(3,4)5)26(17-22)42-28(35)19-32(6,7)8/h9-15,17,20-21,24H,16,18-19,33H2,1-8H3/t20-,21-,24-/m0/s1. The fourth-order valence-electron chi connectivity index (χ4n) is 3.59. The molecule has 0 fully saturated rings. The lowest BCUT2D eigenvalue weighted by atomic mass is 9.92. The number of hydrogen-bond acceptors (Lipinski definition) is 10. The van der Waals surface area contributed by atoms with Gasteiger partial charge >= 0.3 is 24.1 Å². The number of carbonyl (C=O) groups excluding carboxylic acids is 4. The predicted octanol–water partition coefficient (Wildman–Crippen LogP) is 5.78. The number of hydrogen-bond donors (Lipinski definition) is 1. The summed E-state index contributed by atoms with van der Waals surface area (Å²) in [5, 5.41) is 0. The molecular weight excluding hydrogens is 542 g/mol. The Morgan fingerprint density at radius 2 is 1.24 bits per heavy atom. The average molecular weight is 586 g/mol. The highest BCUT2D eigenvalue weighted by Gasteiger charge is 2.26. The van der Waals surface area contributed by atoms with Gasteiger partial charge in [-0.25, -0.2) is 4.79 Å². The molecule has 3 atom stereocenters. The van der Waals surface area contributed by atoms with Crippen molar-refractivity contribution in [1.82, 2.24) is 0 Å². The van der Waals surface area contributed by atoms with Gasteiger partial charge in [0.2, 0.25) is 0 Å². The van der Waals surface area contributed by atoms with Gasteiger partial charge in [-0.05, 0) is 60.9 Å². The van der Waals surface area contributed by atoms with Crippen molar-refractivity contribution < 1.29 is 42.9 Å². The molecule has 10 heteroatoms. The molecule has 0 amide bonds. The van der Waals surface area contributed by atoms with Gasteiger partial charge in [-0.1, -0.05) is 65.8 Å². The lowest BCUT2D eigenvalue weighted by molar-refractivity contribution is -0.155. The second-order valence-electron chi connectivity index (χ2n) is 12.6. The maximum absolute atomic E-state index is 12.7. The zero-order chi connectivity index (χ0) is 31.7. The highest BCUT2D eigenvalue weighted by molar-refractivity contribution is 5.78. The molecule has 0 radical (unpaired) electrons. The summed E-state index contributed by atoms with van der Waals surface area (Å²) in [6.07, 6.45) is -2.23. The van der Waals surface area contributed by atoms with Crippen molar-refractivity contribution >= 4 is 24.1 Å². The molecule has 0 aliphatic carbocycles. The van der Waals surface area contributed by atoms with E-state index in [0.717, 1.165) is 0 Å². The van der Waals surface area contributed by atoms with Crippen LogP contribution in [0.25, 0.3) is 0 Å². The summed E-state index contributed by atoms with van der Waals surface area (Å²) < 4.78 is 26.8. The van der Waals surface area contributed by atoms with Crippen molar-refractivity contribution in [2.75, 3.05) is 0 Å². The van der Waals surface area contributed by atoms with E-state index in [9.17, 15) is 19.2 Å². The van der Waals surface area contributed by atoms with Crippen molar-refractivity contribution in [2.24, 2.45) is 16.6 Å². The van der Waals surface area contributed by atoms with E-state index < -0.39 is 42.3 Å².